The van der Waals surface area contributed by atoms with Crippen LogP contribution in [0.3, 0.4) is 0 Å². The zero-order valence-electron chi connectivity index (χ0n) is 9.70. The van der Waals surface area contributed by atoms with Gasteiger partial charge in [0.25, 0.3) is 5.91 Å². The van der Waals surface area contributed by atoms with Crippen molar-refractivity contribution in [2.24, 2.45) is 5.73 Å². The average Bonchev–Trinajstić information content (AvgIpc) is 2.30. The summed E-state index contributed by atoms with van der Waals surface area (Å²) in [6, 6.07) is 2.90. The molecule has 8 nitrogen and oxygen atoms in total. The number of rotatable bonds is 3. The number of amides is 1. The van der Waals surface area contributed by atoms with Gasteiger partial charge in [-0.25, -0.2) is 15.0 Å². The van der Waals surface area contributed by atoms with Gasteiger partial charge in [-0.2, -0.15) is 0 Å². The molecule has 2 aromatic rings. The van der Waals surface area contributed by atoms with E-state index in [2.05, 4.69) is 15.0 Å². The van der Waals surface area contributed by atoms with Crippen LogP contribution < -0.4 is 22.9 Å². The van der Waals surface area contributed by atoms with Gasteiger partial charge < -0.3 is 22.9 Å². The van der Waals surface area contributed by atoms with Crippen LogP contribution >= 0.6 is 11.8 Å². The Bertz CT molecular complexity index is 626. The molecule has 0 unspecified atom stereocenters. The van der Waals surface area contributed by atoms with Crippen molar-refractivity contribution in [1.82, 2.24) is 15.0 Å². The van der Waals surface area contributed by atoms with Crippen molar-refractivity contribution in [3.8, 4) is 0 Å². The Labute approximate surface area is 112 Å². The van der Waals surface area contributed by atoms with Gasteiger partial charge in [0.1, 0.15) is 16.7 Å². The summed E-state index contributed by atoms with van der Waals surface area (Å²) in [5.41, 5.74) is 22.3. The zero-order chi connectivity index (χ0) is 14.0. The lowest BCUT2D eigenvalue weighted by Gasteiger charge is -2.05. The van der Waals surface area contributed by atoms with Crippen molar-refractivity contribution in [2.75, 3.05) is 17.2 Å². The molecule has 0 aromatic carbocycles. The minimum Gasteiger partial charge on any atom is -0.397 e. The summed E-state index contributed by atoms with van der Waals surface area (Å²) in [5, 5.41) is 0.790. The van der Waals surface area contributed by atoms with E-state index in [0.717, 1.165) is 11.8 Å². The zero-order valence-corrected chi connectivity index (χ0v) is 10.5. The van der Waals surface area contributed by atoms with Gasteiger partial charge in [-0.3, -0.25) is 4.79 Å². The maximum absolute atomic E-state index is 11.2. The highest BCUT2D eigenvalue weighted by atomic mass is 32.2. The number of nitrogens with two attached hydrogens (primary N) is 4. The molecule has 98 valence electrons. The molecule has 2 aromatic heterocycles. The maximum Gasteiger partial charge on any atom is 0.250 e. The molecule has 0 saturated carbocycles. The third-order valence-electron chi connectivity index (χ3n) is 2.12. The Morgan fingerprint density at radius 2 is 1.74 bits per heavy atom. The SMILES string of the molecule is NC(=O)c1cc(Sc2nc(N)cc(N)n2)ncc1N. The number of hydrogen-bond acceptors (Lipinski definition) is 8. The summed E-state index contributed by atoms with van der Waals surface area (Å²) in [6.07, 6.45) is 1.35. The summed E-state index contributed by atoms with van der Waals surface area (Å²) >= 11 is 1.10. The van der Waals surface area contributed by atoms with E-state index in [-0.39, 0.29) is 22.9 Å². The Morgan fingerprint density at radius 1 is 1.11 bits per heavy atom. The lowest BCUT2D eigenvalue weighted by atomic mass is 10.2. The van der Waals surface area contributed by atoms with Crippen LogP contribution in [0.15, 0.2) is 28.5 Å². The molecule has 0 saturated heterocycles. The van der Waals surface area contributed by atoms with E-state index >= 15 is 0 Å². The van der Waals surface area contributed by atoms with Crippen molar-refractivity contribution in [1.29, 1.82) is 0 Å². The number of hydrogen-bond donors (Lipinski definition) is 4. The van der Waals surface area contributed by atoms with Gasteiger partial charge in [0.2, 0.25) is 0 Å². The molecule has 0 radical (unpaired) electrons. The number of primary amides is 1. The van der Waals surface area contributed by atoms with E-state index in [4.69, 9.17) is 22.9 Å². The summed E-state index contributed by atoms with van der Waals surface area (Å²) in [5.74, 6) is -0.129. The molecule has 0 spiro atoms. The molecule has 0 bridgehead atoms. The molecule has 0 fully saturated rings. The second-order valence-corrected chi connectivity index (χ2v) is 4.56. The van der Waals surface area contributed by atoms with Crippen LogP contribution in [0.2, 0.25) is 0 Å². The van der Waals surface area contributed by atoms with Gasteiger partial charge in [0.15, 0.2) is 5.16 Å². The van der Waals surface area contributed by atoms with Gasteiger partial charge in [-0.05, 0) is 17.8 Å². The predicted octanol–water partition coefficient (Wildman–Crippen LogP) is -0.132. The van der Waals surface area contributed by atoms with E-state index in [1.807, 2.05) is 0 Å². The van der Waals surface area contributed by atoms with E-state index in [1.54, 1.807) is 0 Å². The van der Waals surface area contributed by atoms with E-state index in [1.165, 1.54) is 18.3 Å². The Kier molecular flexibility index (Phi) is 3.38. The lowest BCUT2D eigenvalue weighted by Crippen LogP contribution is -2.14. The van der Waals surface area contributed by atoms with Crippen molar-refractivity contribution in [3.05, 3.63) is 23.9 Å². The van der Waals surface area contributed by atoms with Gasteiger partial charge in [-0.15, -0.1) is 0 Å². The molecule has 0 atom stereocenters. The molecule has 9 heteroatoms. The van der Waals surface area contributed by atoms with Crippen LogP contribution in [-0.2, 0) is 0 Å². The van der Waals surface area contributed by atoms with Gasteiger partial charge in [0, 0.05) is 6.07 Å². The summed E-state index contributed by atoms with van der Waals surface area (Å²) in [4.78, 5) is 23.2. The topological polar surface area (TPSA) is 160 Å². The Morgan fingerprint density at radius 3 is 2.32 bits per heavy atom. The standard InChI is InChI=1S/C10H11N7OS/c11-5-3-15-8(1-4(5)9(14)18)19-10-16-6(12)2-7(13)17-10/h1-3H,11H2,(H2,14,18)(H4,12,13,16,17). The second kappa shape index (κ2) is 4.98. The lowest BCUT2D eigenvalue weighted by molar-refractivity contribution is 0.100. The quantitative estimate of drug-likeness (QED) is 0.564. The predicted molar refractivity (Wildman–Crippen MR) is 72.1 cm³/mol. The Hall–Kier alpha value is -2.55. The first kappa shape index (κ1) is 12.9. The molecular weight excluding hydrogens is 266 g/mol. The first-order chi connectivity index (χ1) is 8.95. The molecule has 1 amide bonds. The molecular formula is C10H11N7OS. The monoisotopic (exact) mass is 277 g/mol. The fourth-order valence-corrected chi connectivity index (χ4v) is 2.09. The summed E-state index contributed by atoms with van der Waals surface area (Å²) in [6.45, 7) is 0. The second-order valence-electron chi connectivity index (χ2n) is 3.58. The van der Waals surface area contributed by atoms with E-state index in [0.29, 0.717) is 10.2 Å². The molecule has 2 rings (SSSR count). The minimum atomic E-state index is -0.630. The first-order valence-electron chi connectivity index (χ1n) is 5.09. The fourth-order valence-electron chi connectivity index (χ4n) is 1.32. The average molecular weight is 277 g/mol. The van der Waals surface area contributed by atoms with Crippen molar-refractivity contribution >= 4 is 35.0 Å². The van der Waals surface area contributed by atoms with Crippen LogP contribution in [0.4, 0.5) is 17.3 Å². The number of carbonyl (C=O) groups is 1. The molecule has 0 aliphatic carbocycles. The number of nitrogens with zero attached hydrogens (tertiary/aromatic N) is 3. The number of carbonyl (C=O) groups excluding carboxylic acids is 1. The normalized spacial score (nSPS) is 10.3. The highest BCUT2D eigenvalue weighted by molar-refractivity contribution is 7.99. The van der Waals surface area contributed by atoms with Crippen molar-refractivity contribution in [3.63, 3.8) is 0 Å². The van der Waals surface area contributed by atoms with Gasteiger partial charge >= 0.3 is 0 Å². The van der Waals surface area contributed by atoms with E-state index in [9.17, 15) is 4.79 Å². The smallest absolute Gasteiger partial charge is 0.250 e. The molecule has 8 N–H and O–H groups in total. The van der Waals surface area contributed by atoms with Crippen LogP contribution in [0.25, 0.3) is 0 Å². The molecule has 2 heterocycles. The summed E-state index contributed by atoms with van der Waals surface area (Å²) < 4.78 is 0. The minimum absolute atomic E-state index is 0.189. The third-order valence-corrected chi connectivity index (χ3v) is 2.91. The van der Waals surface area contributed by atoms with Gasteiger partial charge in [0.05, 0.1) is 17.4 Å². The molecule has 0 aliphatic heterocycles. The maximum atomic E-state index is 11.2. The highest BCUT2D eigenvalue weighted by Gasteiger charge is 2.10. The van der Waals surface area contributed by atoms with Crippen LogP contribution in [0.1, 0.15) is 10.4 Å². The number of pyridine rings is 1. The van der Waals surface area contributed by atoms with Gasteiger partial charge in [-0.1, -0.05) is 0 Å². The van der Waals surface area contributed by atoms with Crippen LogP contribution in [-0.4, -0.2) is 20.9 Å². The molecule has 19 heavy (non-hydrogen) atoms. The first-order valence-corrected chi connectivity index (χ1v) is 5.90. The number of anilines is 3. The Balaban J connectivity index is 2.33. The van der Waals surface area contributed by atoms with Crippen LogP contribution in [0, 0.1) is 0 Å². The molecule has 0 aliphatic rings. The summed E-state index contributed by atoms with van der Waals surface area (Å²) in [7, 11) is 0. The highest BCUT2D eigenvalue weighted by Crippen LogP contribution is 2.26. The largest absolute Gasteiger partial charge is 0.397 e. The van der Waals surface area contributed by atoms with Crippen LogP contribution in [0.5, 0.6) is 0 Å². The number of nitrogen functional groups attached to an aromatic ring is 3. The van der Waals surface area contributed by atoms with Crippen molar-refractivity contribution in [2.45, 2.75) is 10.2 Å². The fraction of sp³-hybridized carbons (Fsp3) is 0. The van der Waals surface area contributed by atoms with E-state index < -0.39 is 5.91 Å². The van der Waals surface area contributed by atoms with Crippen molar-refractivity contribution < 1.29 is 4.79 Å². The number of aromatic nitrogens is 3. The third kappa shape index (κ3) is 3.01.